The topological polar surface area (TPSA) is 59.0 Å². The molecule has 2 N–H and O–H groups in total. The summed E-state index contributed by atoms with van der Waals surface area (Å²) in [5.74, 6) is -0.0469. The molecule has 0 spiro atoms. The SMILES string of the molecule is N#Cc1cccc(Oc2ccc(N)cc2F)c1. The summed E-state index contributed by atoms with van der Waals surface area (Å²) >= 11 is 0. The van der Waals surface area contributed by atoms with E-state index in [-0.39, 0.29) is 5.75 Å². The first-order valence-electron chi connectivity index (χ1n) is 4.92. The van der Waals surface area contributed by atoms with Gasteiger partial charge in [0.25, 0.3) is 0 Å². The molecule has 0 aliphatic rings. The molecule has 0 aliphatic heterocycles. The Morgan fingerprint density at radius 2 is 2.00 bits per heavy atom. The van der Waals surface area contributed by atoms with Crippen molar-refractivity contribution >= 4 is 5.69 Å². The fraction of sp³-hybridized carbons (Fsp3) is 0. The van der Waals surface area contributed by atoms with Gasteiger partial charge < -0.3 is 10.5 Å². The number of benzene rings is 2. The molecule has 0 amide bonds. The van der Waals surface area contributed by atoms with Crippen LogP contribution in [0, 0.1) is 17.1 Å². The molecule has 2 rings (SSSR count). The Morgan fingerprint density at radius 1 is 1.18 bits per heavy atom. The van der Waals surface area contributed by atoms with E-state index in [0.29, 0.717) is 17.0 Å². The average Bonchev–Trinajstić information content (AvgIpc) is 2.33. The average molecular weight is 228 g/mol. The summed E-state index contributed by atoms with van der Waals surface area (Å²) in [6.07, 6.45) is 0. The van der Waals surface area contributed by atoms with E-state index in [1.54, 1.807) is 24.3 Å². The number of halogens is 1. The molecule has 0 aliphatic carbocycles. The minimum atomic E-state index is -0.535. The van der Waals surface area contributed by atoms with Crippen LogP contribution >= 0.6 is 0 Å². The monoisotopic (exact) mass is 228 g/mol. The molecule has 2 aromatic carbocycles. The standard InChI is InChI=1S/C13H9FN2O/c14-12-7-10(16)4-5-13(12)17-11-3-1-2-9(6-11)8-15/h1-7H,16H2. The van der Waals surface area contributed by atoms with Crippen LogP contribution in [-0.2, 0) is 0 Å². The van der Waals surface area contributed by atoms with Crippen molar-refractivity contribution in [2.75, 3.05) is 5.73 Å². The molecule has 0 radical (unpaired) electrons. The lowest BCUT2D eigenvalue weighted by Crippen LogP contribution is -1.91. The molecule has 84 valence electrons. The second kappa shape index (κ2) is 4.54. The Kier molecular flexibility index (Phi) is 2.93. The van der Waals surface area contributed by atoms with Gasteiger partial charge in [0, 0.05) is 11.8 Å². The van der Waals surface area contributed by atoms with Gasteiger partial charge in [-0.15, -0.1) is 0 Å². The summed E-state index contributed by atoms with van der Waals surface area (Å²) in [4.78, 5) is 0. The minimum absolute atomic E-state index is 0.0780. The van der Waals surface area contributed by atoms with E-state index >= 15 is 0 Å². The molecule has 0 saturated carbocycles. The maximum absolute atomic E-state index is 13.4. The van der Waals surface area contributed by atoms with Gasteiger partial charge in [0.1, 0.15) is 5.75 Å². The van der Waals surface area contributed by atoms with Crippen LogP contribution in [-0.4, -0.2) is 0 Å². The third-order valence-corrected chi connectivity index (χ3v) is 2.15. The van der Waals surface area contributed by atoms with Gasteiger partial charge in [-0.25, -0.2) is 4.39 Å². The van der Waals surface area contributed by atoms with E-state index in [1.165, 1.54) is 18.2 Å². The number of nitriles is 1. The van der Waals surface area contributed by atoms with Gasteiger partial charge in [-0.2, -0.15) is 5.26 Å². The molecule has 17 heavy (non-hydrogen) atoms. The normalized spacial score (nSPS) is 9.65. The summed E-state index contributed by atoms with van der Waals surface area (Å²) in [5, 5.41) is 8.72. The molecule has 0 unspecified atom stereocenters. The van der Waals surface area contributed by atoms with Crippen molar-refractivity contribution < 1.29 is 9.13 Å². The van der Waals surface area contributed by atoms with Crippen LogP contribution in [0.3, 0.4) is 0 Å². The molecular formula is C13H9FN2O. The quantitative estimate of drug-likeness (QED) is 0.803. The molecule has 0 heterocycles. The van der Waals surface area contributed by atoms with Crippen LogP contribution in [0.2, 0.25) is 0 Å². The summed E-state index contributed by atoms with van der Waals surface area (Å²) in [5.41, 5.74) is 6.22. The number of anilines is 1. The maximum atomic E-state index is 13.4. The van der Waals surface area contributed by atoms with E-state index in [9.17, 15) is 4.39 Å². The zero-order valence-electron chi connectivity index (χ0n) is 8.85. The van der Waals surface area contributed by atoms with Gasteiger partial charge in [-0.3, -0.25) is 0 Å². The molecule has 0 saturated heterocycles. The summed E-state index contributed by atoms with van der Waals surface area (Å²) in [6, 6.07) is 12.7. The van der Waals surface area contributed by atoms with Crippen molar-refractivity contribution in [3.63, 3.8) is 0 Å². The van der Waals surface area contributed by atoms with Gasteiger partial charge in [0.05, 0.1) is 11.6 Å². The van der Waals surface area contributed by atoms with Crippen LogP contribution in [0.25, 0.3) is 0 Å². The van der Waals surface area contributed by atoms with Crippen LogP contribution in [0.4, 0.5) is 10.1 Å². The predicted octanol–water partition coefficient (Wildman–Crippen LogP) is 3.07. The highest BCUT2D eigenvalue weighted by Gasteiger charge is 2.05. The fourth-order valence-corrected chi connectivity index (χ4v) is 1.36. The van der Waals surface area contributed by atoms with Crippen molar-refractivity contribution in [2.24, 2.45) is 0 Å². The molecule has 4 heteroatoms. The van der Waals surface area contributed by atoms with Crippen molar-refractivity contribution in [1.29, 1.82) is 5.26 Å². The molecule has 2 aromatic rings. The van der Waals surface area contributed by atoms with Gasteiger partial charge in [0.2, 0.25) is 0 Å². The Balaban J connectivity index is 2.28. The third-order valence-electron chi connectivity index (χ3n) is 2.15. The molecular weight excluding hydrogens is 219 g/mol. The second-order valence-corrected chi connectivity index (χ2v) is 3.43. The highest BCUT2D eigenvalue weighted by atomic mass is 19.1. The zero-order valence-corrected chi connectivity index (χ0v) is 8.85. The minimum Gasteiger partial charge on any atom is -0.454 e. The van der Waals surface area contributed by atoms with E-state index < -0.39 is 5.82 Å². The smallest absolute Gasteiger partial charge is 0.167 e. The van der Waals surface area contributed by atoms with E-state index in [0.717, 1.165) is 0 Å². The lowest BCUT2D eigenvalue weighted by atomic mass is 10.2. The number of nitrogens with zero attached hydrogens (tertiary/aromatic N) is 1. The van der Waals surface area contributed by atoms with Crippen molar-refractivity contribution in [3.05, 3.63) is 53.8 Å². The number of hydrogen-bond donors (Lipinski definition) is 1. The first kappa shape index (κ1) is 11.0. The first-order valence-corrected chi connectivity index (χ1v) is 4.92. The van der Waals surface area contributed by atoms with E-state index in [4.69, 9.17) is 15.7 Å². The Hall–Kier alpha value is -2.54. The summed E-state index contributed by atoms with van der Waals surface area (Å²) < 4.78 is 18.8. The zero-order chi connectivity index (χ0) is 12.3. The van der Waals surface area contributed by atoms with Crippen LogP contribution < -0.4 is 10.5 Å². The number of ether oxygens (including phenoxy) is 1. The molecule has 0 atom stereocenters. The van der Waals surface area contributed by atoms with Gasteiger partial charge in [-0.1, -0.05) is 6.07 Å². The number of nitrogens with two attached hydrogens (primary N) is 1. The van der Waals surface area contributed by atoms with Crippen LogP contribution in [0.15, 0.2) is 42.5 Å². The first-order chi connectivity index (χ1) is 8.19. The number of rotatable bonds is 2. The van der Waals surface area contributed by atoms with Gasteiger partial charge >= 0.3 is 0 Å². The largest absolute Gasteiger partial charge is 0.454 e. The maximum Gasteiger partial charge on any atom is 0.167 e. The molecule has 0 fully saturated rings. The Bertz CT molecular complexity index is 590. The van der Waals surface area contributed by atoms with Crippen molar-refractivity contribution in [1.82, 2.24) is 0 Å². The summed E-state index contributed by atoms with van der Waals surface area (Å²) in [6.45, 7) is 0. The van der Waals surface area contributed by atoms with Crippen molar-refractivity contribution in [2.45, 2.75) is 0 Å². The van der Waals surface area contributed by atoms with E-state index in [2.05, 4.69) is 0 Å². The highest BCUT2D eigenvalue weighted by molar-refractivity contribution is 5.45. The van der Waals surface area contributed by atoms with Crippen LogP contribution in [0.5, 0.6) is 11.5 Å². The Labute approximate surface area is 97.9 Å². The van der Waals surface area contributed by atoms with Crippen molar-refractivity contribution in [3.8, 4) is 17.6 Å². The summed E-state index contributed by atoms with van der Waals surface area (Å²) in [7, 11) is 0. The lowest BCUT2D eigenvalue weighted by molar-refractivity contribution is 0.442. The molecule has 0 bridgehead atoms. The van der Waals surface area contributed by atoms with Crippen LogP contribution in [0.1, 0.15) is 5.56 Å². The van der Waals surface area contributed by atoms with Gasteiger partial charge in [0.15, 0.2) is 11.6 Å². The highest BCUT2D eigenvalue weighted by Crippen LogP contribution is 2.26. The molecule has 0 aromatic heterocycles. The van der Waals surface area contributed by atoms with Gasteiger partial charge in [-0.05, 0) is 30.3 Å². The third kappa shape index (κ3) is 2.52. The molecule has 3 nitrogen and oxygen atoms in total. The Morgan fingerprint density at radius 3 is 2.71 bits per heavy atom. The predicted molar refractivity (Wildman–Crippen MR) is 62.0 cm³/mol. The fourth-order valence-electron chi connectivity index (χ4n) is 1.36. The number of nitrogen functional groups attached to an aromatic ring is 1. The second-order valence-electron chi connectivity index (χ2n) is 3.43. The lowest BCUT2D eigenvalue weighted by Gasteiger charge is -2.07. The number of hydrogen-bond acceptors (Lipinski definition) is 3. The van der Waals surface area contributed by atoms with E-state index in [1.807, 2.05) is 6.07 Å².